The van der Waals surface area contributed by atoms with Gasteiger partial charge in [0.1, 0.15) is 0 Å². The van der Waals surface area contributed by atoms with Crippen LogP contribution in [-0.4, -0.2) is 42.4 Å². The van der Waals surface area contributed by atoms with Crippen LogP contribution in [0.4, 0.5) is 5.82 Å². The van der Waals surface area contributed by atoms with Gasteiger partial charge in [0, 0.05) is 45.9 Å². The third-order valence-electron chi connectivity index (χ3n) is 3.97. The van der Waals surface area contributed by atoms with Crippen molar-refractivity contribution in [3.63, 3.8) is 0 Å². The fraction of sp³-hybridized carbons (Fsp3) is 0.333. The van der Waals surface area contributed by atoms with Gasteiger partial charge in [0.05, 0.1) is 5.25 Å². The summed E-state index contributed by atoms with van der Waals surface area (Å²) in [6.07, 6.45) is 2.64. The van der Waals surface area contributed by atoms with Crippen LogP contribution in [0.1, 0.15) is 12.0 Å². The smallest absolute Gasteiger partial charge is 0.304 e. The summed E-state index contributed by atoms with van der Waals surface area (Å²) in [6, 6.07) is 7.80. The average Bonchev–Trinajstić information content (AvgIpc) is 3.14. The van der Waals surface area contributed by atoms with Gasteiger partial charge in [-0.25, -0.2) is 19.8 Å². The second-order valence-corrected chi connectivity index (χ2v) is 7.63. The molecule has 1 saturated heterocycles. The van der Waals surface area contributed by atoms with Crippen molar-refractivity contribution in [2.75, 3.05) is 11.4 Å². The van der Waals surface area contributed by atoms with Crippen molar-refractivity contribution >= 4 is 21.6 Å². The maximum atomic E-state index is 12.7. The molecule has 2 heterocycles. The van der Waals surface area contributed by atoms with Gasteiger partial charge in [0.2, 0.25) is 0 Å². The van der Waals surface area contributed by atoms with Gasteiger partial charge in [-0.3, -0.25) is 4.79 Å². The molecule has 2 radical (unpaired) electrons. The Morgan fingerprint density at radius 3 is 2.50 bits per heavy atom. The van der Waals surface area contributed by atoms with Gasteiger partial charge in [-0.05, 0) is 17.9 Å². The Morgan fingerprint density at radius 2 is 2.00 bits per heavy atom. The first-order chi connectivity index (χ1) is 10.9. The van der Waals surface area contributed by atoms with Crippen LogP contribution in [0, 0.1) is 19.2 Å². The number of anilines is 1. The summed E-state index contributed by atoms with van der Waals surface area (Å²) >= 11 is 0. The molecule has 0 amide bonds. The summed E-state index contributed by atoms with van der Waals surface area (Å²) < 4.78 is 25.5. The largest absolute Gasteiger partial charge is 0.531 e. The number of nitrogens with zero attached hydrogens (tertiary/aromatic N) is 3. The van der Waals surface area contributed by atoms with Crippen molar-refractivity contribution < 1.29 is 58.2 Å². The first kappa shape index (κ1) is 23.9. The fourth-order valence-electron chi connectivity index (χ4n) is 2.79. The summed E-state index contributed by atoms with van der Waals surface area (Å²) in [5.74, 6) is -0.706. The second kappa shape index (κ2) is 9.04. The van der Waals surface area contributed by atoms with Crippen LogP contribution in [0.15, 0.2) is 29.2 Å². The zero-order valence-electron chi connectivity index (χ0n) is 13.7. The third kappa shape index (κ3) is 4.18. The zero-order chi connectivity index (χ0) is 16.6. The first-order valence-corrected chi connectivity index (χ1v) is 8.53. The van der Waals surface area contributed by atoms with Gasteiger partial charge >= 0.3 is 5.97 Å². The van der Waals surface area contributed by atoms with Crippen molar-refractivity contribution in [2.24, 2.45) is 0 Å². The Hall–Kier alpha value is -2.06. The van der Waals surface area contributed by atoms with Crippen LogP contribution >= 0.6 is 0 Å². The molecule has 1 aromatic carbocycles. The standard InChI is InChI=1S/C15H15N3O4S.Re.Rf.Rh/c1-10-8-16-17-14(10)18-9-12(7-13(18)15(19)20)23(21,22)11-5-3-2-4-6-11;;;/h3-6,12-13H,7,9H2,1H3,(H2,16,17,19,20);;;/q-2;;;/p-1/t12-,13+;;;/m1.../s1. The minimum Gasteiger partial charge on any atom is -0.531 e. The Bertz CT molecular complexity index is 834. The molecular formula is C15H14N3O4ReRfRhS-3. The molecule has 2 aromatic rings. The number of hydrogen-bond donors (Lipinski definition) is 1. The molecule has 1 N–H and O–H groups in total. The molecule has 7 nitrogen and oxygen atoms in total. The van der Waals surface area contributed by atoms with E-state index in [1.54, 1.807) is 6.92 Å². The summed E-state index contributed by atoms with van der Waals surface area (Å²) in [5, 5.41) is 16.1. The van der Waals surface area contributed by atoms with Crippen LogP contribution in [-0.2, 0) is 54.5 Å². The number of aryl methyl sites for hydroxylation is 1. The molecule has 3 rings (SSSR count). The van der Waals surface area contributed by atoms with E-state index in [9.17, 15) is 18.3 Å². The van der Waals surface area contributed by atoms with Gasteiger partial charge in [-0.2, -0.15) is 30.3 Å². The summed E-state index contributed by atoms with van der Waals surface area (Å²) in [5.41, 5.74) is 0.601. The maximum absolute atomic E-state index is 12.7. The number of aliphatic carboxylic acids is 1. The molecule has 0 bridgehead atoms. The maximum Gasteiger partial charge on any atom is 0.304 e. The summed E-state index contributed by atoms with van der Waals surface area (Å²) in [4.78, 5) is 13.2. The molecule has 1 fully saturated rings. The Morgan fingerprint density at radius 1 is 1.38 bits per heavy atom. The van der Waals surface area contributed by atoms with Gasteiger partial charge in [0.25, 0.3) is 0 Å². The van der Waals surface area contributed by atoms with E-state index in [0.717, 1.165) is 0 Å². The van der Waals surface area contributed by atoms with E-state index in [1.807, 2.05) is 0 Å². The first-order valence-electron chi connectivity index (χ1n) is 6.98. The number of carbonyl (C=O) groups is 1. The second-order valence-electron chi connectivity index (χ2n) is 5.41. The average molecular weight is 888 g/mol. The van der Waals surface area contributed by atoms with Crippen LogP contribution < -0.4 is 10.00 Å². The molecule has 0 spiro atoms. The fourth-order valence-corrected chi connectivity index (χ4v) is 4.48. The van der Waals surface area contributed by atoms with E-state index < -0.39 is 27.1 Å². The number of aromatic nitrogens is 2. The zero-order valence-corrected chi connectivity index (χ0v) is 25.3. The predicted octanol–water partition coefficient (Wildman–Crippen LogP) is 0.448. The van der Waals surface area contributed by atoms with Gasteiger partial charge in [0.15, 0.2) is 9.84 Å². The van der Waals surface area contributed by atoms with Gasteiger partial charge < -0.3 is 20.2 Å². The van der Waals surface area contributed by atoms with E-state index in [1.165, 1.54) is 29.2 Å². The minimum atomic E-state index is -3.63. The van der Waals surface area contributed by atoms with E-state index in [-0.39, 0.29) is 57.8 Å². The van der Waals surface area contributed by atoms with Gasteiger partial charge in [-0.15, -0.1) is 6.20 Å². The molecular weight excluding hydrogens is 874 g/mol. The summed E-state index contributed by atoms with van der Waals surface area (Å²) in [7, 11) is -3.63. The van der Waals surface area contributed by atoms with Crippen molar-refractivity contribution in [3.8, 4) is 0 Å². The molecule has 0 unspecified atom stereocenters. The van der Waals surface area contributed by atoms with Crippen molar-refractivity contribution in [1.29, 1.82) is 0 Å². The van der Waals surface area contributed by atoms with Crippen molar-refractivity contribution in [2.45, 2.75) is 29.5 Å². The van der Waals surface area contributed by atoms with E-state index in [2.05, 4.69) is 22.5 Å². The molecule has 140 valence electrons. The number of benzene rings is 1. The number of sulfone groups is 1. The van der Waals surface area contributed by atoms with Crippen LogP contribution in [0.5, 0.6) is 0 Å². The Balaban J connectivity index is 0.00000208. The quantitative estimate of drug-likeness (QED) is 0.352. The van der Waals surface area contributed by atoms with Crippen LogP contribution in [0.2, 0.25) is 0 Å². The van der Waals surface area contributed by atoms with Gasteiger partial charge in [-0.1, -0.05) is 6.92 Å². The molecule has 1 aliphatic heterocycles. The van der Waals surface area contributed by atoms with E-state index >= 15 is 0 Å². The van der Waals surface area contributed by atoms with Crippen molar-refractivity contribution in [1.82, 2.24) is 10.2 Å². The van der Waals surface area contributed by atoms with Crippen LogP contribution in [0.3, 0.4) is 0 Å². The van der Waals surface area contributed by atoms with E-state index in [0.29, 0.717) is 11.4 Å². The molecule has 2 atom stereocenters. The van der Waals surface area contributed by atoms with E-state index in [4.69, 9.17) is 0 Å². The number of hydrogen-bond acceptors (Lipinski definition) is 5. The SMILES string of the molecule is Cc1[c-]n[n-]c1N1C[C@H](S(=O)(=O)c2cc[c-]cc2)C[C@H]1C(=O)O.[Re].[Rf].[Rh]. The molecule has 1 aromatic heterocycles. The molecule has 11 heteroatoms. The Labute approximate surface area is 172 Å². The molecule has 1 aliphatic rings. The molecule has 26 heavy (non-hydrogen) atoms. The number of rotatable bonds is 4. The third-order valence-corrected chi connectivity index (χ3v) is 6.12. The predicted molar refractivity (Wildman–Crippen MR) is 80.8 cm³/mol. The molecule has 0 aliphatic carbocycles. The topological polar surface area (TPSA) is 102 Å². The number of carboxylic acid groups (broad SMARTS) is 1. The monoisotopic (exact) mass is 889 g/mol. The van der Waals surface area contributed by atoms with Crippen LogP contribution in [0.25, 0.3) is 0 Å². The minimum absolute atomic E-state index is 0. The normalized spacial score (nSPS) is 19.0. The van der Waals surface area contributed by atoms with Crippen molar-refractivity contribution in [3.05, 3.63) is 42.1 Å². The Kier molecular flexibility index (Phi) is 8.32. The summed E-state index contributed by atoms with van der Waals surface area (Å²) in [6.45, 7) is 1.77. The number of carboxylic acids is 1. The molecule has 0 saturated carbocycles.